The third-order valence-electron chi connectivity index (χ3n) is 1.60. The Morgan fingerprint density at radius 3 is 3.07 bits per heavy atom. The Morgan fingerprint density at radius 1 is 1.57 bits per heavy atom. The van der Waals surface area contributed by atoms with Crippen LogP contribution in [0.2, 0.25) is 0 Å². The second-order valence-electron chi connectivity index (χ2n) is 2.64. The molecule has 78 valence electrons. The number of nitrogens with two attached hydrogens (primary N) is 1. The molecule has 0 aromatic carbocycles. The second-order valence-corrected chi connectivity index (χ2v) is 3.50. The van der Waals surface area contributed by atoms with Gasteiger partial charge in [0.2, 0.25) is 0 Å². The standard InChI is InChI=1S/C8H12BrN3O2/c9-7-5-11-6-12(8(7)13)2-4-14-3-1-10/h5-6H,1-4,10H2. The van der Waals surface area contributed by atoms with Gasteiger partial charge in [-0.05, 0) is 15.9 Å². The summed E-state index contributed by atoms with van der Waals surface area (Å²) in [6.07, 6.45) is 2.96. The van der Waals surface area contributed by atoms with Crippen LogP contribution in [-0.2, 0) is 11.3 Å². The van der Waals surface area contributed by atoms with E-state index in [1.165, 1.54) is 17.1 Å². The molecule has 0 bridgehead atoms. The summed E-state index contributed by atoms with van der Waals surface area (Å²) in [6, 6.07) is 0. The molecule has 0 saturated carbocycles. The predicted molar refractivity (Wildman–Crippen MR) is 56.1 cm³/mol. The molecule has 0 saturated heterocycles. The molecule has 0 unspecified atom stereocenters. The van der Waals surface area contributed by atoms with E-state index in [0.717, 1.165) is 0 Å². The van der Waals surface area contributed by atoms with Gasteiger partial charge in [-0.15, -0.1) is 0 Å². The topological polar surface area (TPSA) is 70.1 Å². The fourth-order valence-corrected chi connectivity index (χ4v) is 1.28. The van der Waals surface area contributed by atoms with E-state index in [4.69, 9.17) is 10.5 Å². The number of ether oxygens (including phenoxy) is 1. The maximum absolute atomic E-state index is 11.4. The summed E-state index contributed by atoms with van der Waals surface area (Å²) in [4.78, 5) is 15.3. The summed E-state index contributed by atoms with van der Waals surface area (Å²) in [7, 11) is 0. The van der Waals surface area contributed by atoms with E-state index in [1.807, 2.05) is 0 Å². The summed E-state index contributed by atoms with van der Waals surface area (Å²) in [5.41, 5.74) is 5.15. The van der Waals surface area contributed by atoms with Crippen LogP contribution in [0.5, 0.6) is 0 Å². The van der Waals surface area contributed by atoms with E-state index in [0.29, 0.717) is 30.8 Å². The molecule has 6 heteroatoms. The quantitative estimate of drug-likeness (QED) is 0.757. The molecule has 5 nitrogen and oxygen atoms in total. The first-order chi connectivity index (χ1) is 6.75. The van der Waals surface area contributed by atoms with Crippen molar-refractivity contribution in [1.29, 1.82) is 0 Å². The van der Waals surface area contributed by atoms with E-state index >= 15 is 0 Å². The van der Waals surface area contributed by atoms with E-state index < -0.39 is 0 Å². The molecule has 1 aromatic heterocycles. The molecule has 1 heterocycles. The highest BCUT2D eigenvalue weighted by molar-refractivity contribution is 9.10. The Labute approximate surface area is 90.0 Å². The molecule has 0 aliphatic carbocycles. The van der Waals surface area contributed by atoms with Crippen molar-refractivity contribution in [3.8, 4) is 0 Å². The zero-order valence-electron chi connectivity index (χ0n) is 7.65. The SMILES string of the molecule is NCCOCCn1cncc(Br)c1=O. The van der Waals surface area contributed by atoms with Gasteiger partial charge in [0.25, 0.3) is 5.56 Å². The van der Waals surface area contributed by atoms with Gasteiger partial charge in [-0.3, -0.25) is 9.36 Å². The zero-order valence-corrected chi connectivity index (χ0v) is 9.24. The second kappa shape index (κ2) is 5.90. The molecule has 0 radical (unpaired) electrons. The molecule has 0 aliphatic rings. The number of rotatable bonds is 5. The summed E-state index contributed by atoms with van der Waals surface area (Å²) < 4.78 is 7.10. The van der Waals surface area contributed by atoms with Gasteiger partial charge in [0.15, 0.2) is 0 Å². The van der Waals surface area contributed by atoms with E-state index in [-0.39, 0.29) is 5.56 Å². The molecule has 1 aromatic rings. The molecular formula is C8H12BrN3O2. The van der Waals surface area contributed by atoms with Crippen LogP contribution < -0.4 is 11.3 Å². The summed E-state index contributed by atoms with van der Waals surface area (Å²) in [5.74, 6) is 0. The first-order valence-electron chi connectivity index (χ1n) is 4.23. The van der Waals surface area contributed by atoms with Crippen molar-refractivity contribution in [3.63, 3.8) is 0 Å². The highest BCUT2D eigenvalue weighted by Crippen LogP contribution is 1.97. The van der Waals surface area contributed by atoms with Crippen LogP contribution in [0.1, 0.15) is 0 Å². The monoisotopic (exact) mass is 261 g/mol. The van der Waals surface area contributed by atoms with Gasteiger partial charge in [0.05, 0.1) is 26.1 Å². The van der Waals surface area contributed by atoms with Gasteiger partial charge in [-0.2, -0.15) is 0 Å². The lowest BCUT2D eigenvalue weighted by atomic mass is 10.6. The lowest BCUT2D eigenvalue weighted by Crippen LogP contribution is -2.23. The summed E-state index contributed by atoms with van der Waals surface area (Å²) in [5, 5.41) is 0. The maximum Gasteiger partial charge on any atom is 0.267 e. The Bertz CT molecular complexity index is 340. The summed E-state index contributed by atoms with van der Waals surface area (Å²) in [6.45, 7) is 1.96. The van der Waals surface area contributed by atoms with Gasteiger partial charge >= 0.3 is 0 Å². The normalized spacial score (nSPS) is 10.4. The largest absolute Gasteiger partial charge is 0.378 e. The summed E-state index contributed by atoms with van der Waals surface area (Å²) >= 11 is 3.11. The Hall–Kier alpha value is -0.720. The molecule has 0 aliphatic heterocycles. The van der Waals surface area contributed by atoms with Crippen LogP contribution in [0.3, 0.4) is 0 Å². The smallest absolute Gasteiger partial charge is 0.267 e. The van der Waals surface area contributed by atoms with Crippen LogP contribution in [0.25, 0.3) is 0 Å². The van der Waals surface area contributed by atoms with Crippen molar-refractivity contribution in [2.75, 3.05) is 19.8 Å². The minimum absolute atomic E-state index is 0.101. The van der Waals surface area contributed by atoms with Crippen molar-refractivity contribution >= 4 is 15.9 Å². The van der Waals surface area contributed by atoms with Crippen LogP contribution >= 0.6 is 15.9 Å². The van der Waals surface area contributed by atoms with Crippen molar-refractivity contribution < 1.29 is 4.74 Å². The maximum atomic E-state index is 11.4. The van der Waals surface area contributed by atoms with Gasteiger partial charge in [-0.25, -0.2) is 4.98 Å². The van der Waals surface area contributed by atoms with Gasteiger partial charge in [-0.1, -0.05) is 0 Å². The highest BCUT2D eigenvalue weighted by Gasteiger charge is 1.99. The number of halogens is 1. The van der Waals surface area contributed by atoms with Crippen LogP contribution in [0.15, 0.2) is 21.8 Å². The fraction of sp³-hybridized carbons (Fsp3) is 0.500. The van der Waals surface area contributed by atoms with Crippen molar-refractivity contribution in [2.45, 2.75) is 6.54 Å². The lowest BCUT2D eigenvalue weighted by Gasteiger charge is -2.05. The van der Waals surface area contributed by atoms with Crippen LogP contribution in [-0.4, -0.2) is 29.3 Å². The number of nitrogens with zero attached hydrogens (tertiary/aromatic N) is 2. The molecule has 0 atom stereocenters. The Kier molecular flexibility index (Phi) is 4.78. The molecule has 2 N–H and O–H groups in total. The molecule has 0 amide bonds. The number of hydrogen-bond acceptors (Lipinski definition) is 4. The lowest BCUT2D eigenvalue weighted by molar-refractivity contribution is 0.132. The molecule has 0 fully saturated rings. The Balaban J connectivity index is 2.51. The number of hydrogen-bond donors (Lipinski definition) is 1. The molecule has 0 spiro atoms. The van der Waals surface area contributed by atoms with E-state index in [2.05, 4.69) is 20.9 Å². The van der Waals surface area contributed by atoms with Gasteiger partial charge < -0.3 is 10.5 Å². The fourth-order valence-electron chi connectivity index (χ4n) is 0.932. The molecular weight excluding hydrogens is 250 g/mol. The van der Waals surface area contributed by atoms with Crippen LogP contribution in [0.4, 0.5) is 0 Å². The van der Waals surface area contributed by atoms with Crippen molar-refractivity contribution in [2.24, 2.45) is 5.73 Å². The van der Waals surface area contributed by atoms with Gasteiger partial charge in [0.1, 0.15) is 4.47 Å². The van der Waals surface area contributed by atoms with E-state index in [9.17, 15) is 4.79 Å². The average molecular weight is 262 g/mol. The minimum Gasteiger partial charge on any atom is -0.378 e. The first kappa shape index (κ1) is 11.4. The third-order valence-corrected chi connectivity index (χ3v) is 2.14. The zero-order chi connectivity index (χ0) is 10.4. The number of aromatic nitrogens is 2. The third kappa shape index (κ3) is 3.21. The van der Waals surface area contributed by atoms with Crippen LogP contribution in [0, 0.1) is 0 Å². The first-order valence-corrected chi connectivity index (χ1v) is 5.02. The van der Waals surface area contributed by atoms with Crippen molar-refractivity contribution in [1.82, 2.24) is 9.55 Å². The molecule has 14 heavy (non-hydrogen) atoms. The minimum atomic E-state index is -0.101. The predicted octanol–water partition coefficient (Wildman–Crippen LogP) is -0.0189. The molecule has 1 rings (SSSR count). The van der Waals surface area contributed by atoms with Gasteiger partial charge in [0, 0.05) is 12.7 Å². The Morgan fingerprint density at radius 2 is 2.36 bits per heavy atom. The van der Waals surface area contributed by atoms with Crippen molar-refractivity contribution in [3.05, 3.63) is 27.4 Å². The highest BCUT2D eigenvalue weighted by atomic mass is 79.9. The average Bonchev–Trinajstić information content (AvgIpc) is 2.19. The van der Waals surface area contributed by atoms with E-state index in [1.54, 1.807) is 0 Å².